The number of carbonyl (C=O) groups excluding carboxylic acids is 1. The fourth-order valence-corrected chi connectivity index (χ4v) is 4.89. The summed E-state index contributed by atoms with van der Waals surface area (Å²) in [4.78, 5) is 12.2. The Morgan fingerprint density at radius 2 is 1.73 bits per heavy atom. The molecule has 1 aliphatic rings. The maximum Gasteiger partial charge on any atom is 0.250 e. The van der Waals surface area contributed by atoms with Crippen molar-refractivity contribution in [2.24, 2.45) is 0 Å². The van der Waals surface area contributed by atoms with Gasteiger partial charge in [-0.15, -0.1) is 0 Å². The Balaban J connectivity index is 1.56. The Morgan fingerprint density at radius 1 is 1.07 bits per heavy atom. The van der Waals surface area contributed by atoms with Gasteiger partial charge in [-0.2, -0.15) is 4.31 Å². The number of thiocarbonyl (C=S) groups is 1. The average molecular weight is 448 g/mol. The number of anilines is 1. The highest BCUT2D eigenvalue weighted by molar-refractivity contribution is 7.89. The SMILES string of the molecule is Cc1ccc(C=CC(=O)NC(=S)Nc2ccc(S(=O)(=O)N3CCCCCC3)cc2)o1. The van der Waals surface area contributed by atoms with Crippen LogP contribution >= 0.6 is 12.2 Å². The van der Waals surface area contributed by atoms with Crippen LogP contribution in [-0.4, -0.2) is 36.8 Å². The van der Waals surface area contributed by atoms with Gasteiger partial charge in [0.25, 0.3) is 0 Å². The summed E-state index contributed by atoms with van der Waals surface area (Å²) in [6.07, 6.45) is 6.78. The van der Waals surface area contributed by atoms with E-state index in [0.717, 1.165) is 31.4 Å². The zero-order chi connectivity index (χ0) is 21.6. The predicted molar refractivity (Wildman–Crippen MR) is 121 cm³/mol. The maximum absolute atomic E-state index is 12.8. The fourth-order valence-electron chi connectivity index (χ4n) is 3.16. The molecule has 1 saturated heterocycles. The van der Waals surface area contributed by atoms with Gasteiger partial charge in [0.15, 0.2) is 5.11 Å². The molecule has 2 N–H and O–H groups in total. The third-order valence-electron chi connectivity index (χ3n) is 4.71. The second-order valence-corrected chi connectivity index (χ2v) is 9.41. The lowest BCUT2D eigenvalue weighted by molar-refractivity contribution is -0.115. The molecule has 30 heavy (non-hydrogen) atoms. The second-order valence-electron chi connectivity index (χ2n) is 7.07. The first-order valence-electron chi connectivity index (χ1n) is 9.81. The van der Waals surface area contributed by atoms with Gasteiger partial charge < -0.3 is 9.73 Å². The molecule has 1 fully saturated rings. The van der Waals surface area contributed by atoms with Gasteiger partial charge in [0.2, 0.25) is 15.9 Å². The zero-order valence-electron chi connectivity index (χ0n) is 16.8. The molecule has 0 unspecified atom stereocenters. The lowest BCUT2D eigenvalue weighted by atomic mass is 10.2. The smallest absolute Gasteiger partial charge is 0.250 e. The van der Waals surface area contributed by atoms with Crippen molar-refractivity contribution in [2.75, 3.05) is 18.4 Å². The molecule has 7 nitrogen and oxygen atoms in total. The van der Waals surface area contributed by atoms with Crippen LogP contribution in [0.5, 0.6) is 0 Å². The molecule has 1 aromatic heterocycles. The van der Waals surface area contributed by atoms with E-state index in [9.17, 15) is 13.2 Å². The first-order valence-corrected chi connectivity index (χ1v) is 11.7. The molecule has 0 spiro atoms. The van der Waals surface area contributed by atoms with E-state index in [4.69, 9.17) is 16.6 Å². The second kappa shape index (κ2) is 10.0. The van der Waals surface area contributed by atoms with Crippen LogP contribution in [0, 0.1) is 6.92 Å². The highest BCUT2D eigenvalue weighted by Gasteiger charge is 2.24. The van der Waals surface area contributed by atoms with E-state index in [1.54, 1.807) is 46.8 Å². The topological polar surface area (TPSA) is 91.7 Å². The number of hydrogen-bond acceptors (Lipinski definition) is 5. The number of aryl methyl sites for hydroxylation is 1. The highest BCUT2D eigenvalue weighted by Crippen LogP contribution is 2.21. The van der Waals surface area contributed by atoms with Crippen molar-refractivity contribution in [2.45, 2.75) is 37.5 Å². The number of rotatable bonds is 5. The summed E-state index contributed by atoms with van der Waals surface area (Å²) in [5.41, 5.74) is 0.584. The Morgan fingerprint density at radius 3 is 2.33 bits per heavy atom. The van der Waals surface area contributed by atoms with Gasteiger partial charge in [0, 0.05) is 24.9 Å². The number of amides is 1. The predicted octanol–water partition coefficient (Wildman–Crippen LogP) is 3.68. The summed E-state index contributed by atoms with van der Waals surface area (Å²) >= 11 is 5.14. The van der Waals surface area contributed by atoms with Crippen molar-refractivity contribution < 1.29 is 17.6 Å². The van der Waals surface area contributed by atoms with Crippen molar-refractivity contribution in [3.8, 4) is 0 Å². The molecule has 1 aromatic carbocycles. The van der Waals surface area contributed by atoms with E-state index in [2.05, 4.69) is 10.6 Å². The third kappa shape index (κ3) is 6.01. The minimum absolute atomic E-state index is 0.114. The maximum atomic E-state index is 12.8. The molecule has 3 rings (SSSR count). The van der Waals surface area contributed by atoms with Crippen LogP contribution in [0.3, 0.4) is 0 Å². The molecule has 1 aliphatic heterocycles. The van der Waals surface area contributed by atoms with Crippen molar-refractivity contribution in [1.29, 1.82) is 0 Å². The molecule has 0 aliphatic carbocycles. The highest BCUT2D eigenvalue weighted by atomic mass is 32.2. The largest absolute Gasteiger partial charge is 0.462 e. The Labute approximate surface area is 182 Å². The molecule has 9 heteroatoms. The van der Waals surface area contributed by atoms with Crippen molar-refractivity contribution in [3.63, 3.8) is 0 Å². The minimum Gasteiger partial charge on any atom is -0.462 e. The normalized spacial score (nSPS) is 15.6. The summed E-state index contributed by atoms with van der Waals surface area (Å²) in [7, 11) is -3.50. The van der Waals surface area contributed by atoms with Crippen LogP contribution in [0.4, 0.5) is 5.69 Å². The number of nitrogens with one attached hydrogen (secondary N) is 2. The molecule has 160 valence electrons. The molecule has 1 amide bonds. The summed E-state index contributed by atoms with van der Waals surface area (Å²) in [6, 6.07) is 9.92. The Bertz CT molecular complexity index is 1020. The number of nitrogens with zero attached hydrogens (tertiary/aromatic N) is 1. The van der Waals surface area contributed by atoms with E-state index in [1.165, 1.54) is 6.08 Å². The molecule has 2 heterocycles. The van der Waals surface area contributed by atoms with Crippen LogP contribution in [0.15, 0.2) is 51.8 Å². The molecule has 2 aromatic rings. The monoisotopic (exact) mass is 447 g/mol. The van der Waals surface area contributed by atoms with Crippen molar-refractivity contribution in [1.82, 2.24) is 9.62 Å². The van der Waals surface area contributed by atoms with E-state index in [1.807, 2.05) is 6.92 Å². The summed E-state index contributed by atoms with van der Waals surface area (Å²) in [5.74, 6) is 0.929. The van der Waals surface area contributed by atoms with Gasteiger partial charge in [-0.25, -0.2) is 8.42 Å². The summed E-state index contributed by atoms with van der Waals surface area (Å²) in [6.45, 7) is 2.94. The summed E-state index contributed by atoms with van der Waals surface area (Å²) < 4.78 is 32.5. The van der Waals surface area contributed by atoms with E-state index < -0.39 is 15.9 Å². The molecule has 0 atom stereocenters. The number of benzene rings is 1. The Kier molecular flexibility index (Phi) is 7.41. The Hall–Kier alpha value is -2.49. The van der Waals surface area contributed by atoms with Crippen molar-refractivity contribution >= 4 is 45.0 Å². The minimum atomic E-state index is -3.50. The van der Waals surface area contributed by atoms with Crippen molar-refractivity contribution in [3.05, 3.63) is 54.0 Å². The van der Waals surface area contributed by atoms with E-state index in [0.29, 0.717) is 24.5 Å². The van der Waals surface area contributed by atoms with Gasteiger partial charge in [-0.05, 0) is 74.5 Å². The average Bonchev–Trinajstić information content (AvgIpc) is 2.94. The lowest BCUT2D eigenvalue weighted by Crippen LogP contribution is -2.33. The molecule has 0 radical (unpaired) electrons. The number of furan rings is 1. The van der Waals surface area contributed by atoms with Gasteiger partial charge in [0.05, 0.1) is 4.90 Å². The molecular formula is C21H25N3O4S2. The summed E-state index contributed by atoms with van der Waals surface area (Å²) in [5, 5.41) is 5.53. The van der Waals surface area contributed by atoms with Crippen LogP contribution in [0.2, 0.25) is 0 Å². The van der Waals surface area contributed by atoms with Crippen LogP contribution in [0.1, 0.15) is 37.2 Å². The molecule has 0 saturated carbocycles. The first kappa shape index (κ1) is 22.2. The van der Waals surface area contributed by atoms with Crippen LogP contribution in [0.25, 0.3) is 6.08 Å². The third-order valence-corrected chi connectivity index (χ3v) is 6.83. The van der Waals surface area contributed by atoms with E-state index in [-0.39, 0.29) is 10.0 Å². The van der Waals surface area contributed by atoms with Gasteiger partial charge in [-0.3, -0.25) is 10.1 Å². The number of hydrogen-bond donors (Lipinski definition) is 2. The van der Waals surface area contributed by atoms with E-state index >= 15 is 0 Å². The molecular weight excluding hydrogens is 422 g/mol. The first-order chi connectivity index (χ1) is 14.3. The van der Waals surface area contributed by atoms with Gasteiger partial charge in [-0.1, -0.05) is 12.8 Å². The quantitative estimate of drug-likeness (QED) is 0.537. The van der Waals surface area contributed by atoms with Crippen LogP contribution < -0.4 is 10.6 Å². The standard InChI is InChI=1S/C21H25N3O4S2/c1-16-6-9-18(28-16)10-13-20(25)23-21(29)22-17-7-11-19(12-8-17)30(26,27)24-14-4-2-3-5-15-24/h6-13H,2-5,14-15H2,1H3,(H2,22,23,25,29). The lowest BCUT2D eigenvalue weighted by Gasteiger charge is -2.20. The fraction of sp³-hybridized carbons (Fsp3) is 0.333. The number of carbonyl (C=O) groups is 1. The molecule has 0 bridgehead atoms. The van der Waals surface area contributed by atoms with Gasteiger partial charge >= 0.3 is 0 Å². The zero-order valence-corrected chi connectivity index (χ0v) is 18.4. The van der Waals surface area contributed by atoms with Crippen LogP contribution in [-0.2, 0) is 14.8 Å². The number of sulfonamides is 1. The van der Waals surface area contributed by atoms with Gasteiger partial charge in [0.1, 0.15) is 11.5 Å².